The standard InChI is InChI=1S/C22H20INO6/c1-4-28-18-11-14(9-16(23)20(18)29-12-19(25)27-3)10-17-22(26)30-21(24-17)15-8-6-5-7-13(15)2/h5-11H,4,12H2,1-3H3/b17-10-. The molecule has 0 saturated carbocycles. The van der Waals surface area contributed by atoms with Crippen LogP contribution in [-0.4, -0.2) is 38.2 Å². The maximum atomic E-state index is 12.3. The monoisotopic (exact) mass is 521 g/mol. The van der Waals surface area contributed by atoms with Crippen molar-refractivity contribution in [2.45, 2.75) is 13.8 Å². The zero-order chi connectivity index (χ0) is 21.7. The number of carbonyl (C=O) groups is 2. The topological polar surface area (TPSA) is 83.4 Å². The second kappa shape index (κ2) is 9.75. The SMILES string of the molecule is CCOc1cc(/C=C2\N=C(c3ccccc3C)OC2=O)cc(I)c1OCC(=O)OC. The Morgan fingerprint density at radius 2 is 2.00 bits per heavy atom. The fourth-order valence-corrected chi connectivity index (χ4v) is 3.54. The summed E-state index contributed by atoms with van der Waals surface area (Å²) in [5, 5.41) is 0. The van der Waals surface area contributed by atoms with Gasteiger partial charge in [0.1, 0.15) is 0 Å². The van der Waals surface area contributed by atoms with E-state index < -0.39 is 11.9 Å². The van der Waals surface area contributed by atoms with Gasteiger partial charge in [-0.2, -0.15) is 0 Å². The van der Waals surface area contributed by atoms with Gasteiger partial charge in [0.25, 0.3) is 0 Å². The van der Waals surface area contributed by atoms with Gasteiger partial charge in [0.05, 0.1) is 17.3 Å². The average molecular weight is 521 g/mol. The number of benzene rings is 2. The number of hydrogen-bond donors (Lipinski definition) is 0. The van der Waals surface area contributed by atoms with Crippen LogP contribution < -0.4 is 9.47 Å². The summed E-state index contributed by atoms with van der Waals surface area (Å²) >= 11 is 2.08. The molecule has 3 rings (SSSR count). The lowest BCUT2D eigenvalue weighted by atomic mass is 10.1. The molecule has 1 aliphatic heterocycles. The van der Waals surface area contributed by atoms with Crippen molar-refractivity contribution in [1.29, 1.82) is 0 Å². The van der Waals surface area contributed by atoms with E-state index in [0.29, 0.717) is 27.2 Å². The Hall–Kier alpha value is -2.88. The zero-order valence-corrected chi connectivity index (χ0v) is 18.9. The predicted octanol–water partition coefficient (Wildman–Crippen LogP) is 3.89. The van der Waals surface area contributed by atoms with Crippen molar-refractivity contribution < 1.29 is 28.5 Å². The highest BCUT2D eigenvalue weighted by Crippen LogP contribution is 2.35. The van der Waals surface area contributed by atoms with E-state index in [1.807, 2.05) is 38.1 Å². The fraction of sp³-hybridized carbons (Fsp3) is 0.227. The third-order valence-corrected chi connectivity index (χ3v) is 4.99. The third kappa shape index (κ3) is 4.99. The number of rotatable bonds is 7. The molecule has 1 heterocycles. The highest BCUT2D eigenvalue weighted by Gasteiger charge is 2.25. The van der Waals surface area contributed by atoms with Crippen LogP contribution in [0, 0.1) is 10.5 Å². The maximum absolute atomic E-state index is 12.3. The number of methoxy groups -OCH3 is 1. The minimum absolute atomic E-state index is 0.190. The van der Waals surface area contributed by atoms with Crippen LogP contribution >= 0.6 is 22.6 Å². The molecule has 0 unspecified atom stereocenters. The Morgan fingerprint density at radius 3 is 2.70 bits per heavy atom. The smallest absolute Gasteiger partial charge is 0.363 e. The molecule has 0 fully saturated rings. The summed E-state index contributed by atoms with van der Waals surface area (Å²) in [6, 6.07) is 11.1. The molecular formula is C22H20INO6. The van der Waals surface area contributed by atoms with Crippen LogP contribution in [0.4, 0.5) is 0 Å². The molecule has 2 aromatic carbocycles. The lowest BCUT2D eigenvalue weighted by Gasteiger charge is -2.14. The van der Waals surface area contributed by atoms with Crippen molar-refractivity contribution >= 4 is 46.5 Å². The van der Waals surface area contributed by atoms with Gasteiger partial charge in [-0.25, -0.2) is 14.6 Å². The van der Waals surface area contributed by atoms with Crippen molar-refractivity contribution in [1.82, 2.24) is 0 Å². The van der Waals surface area contributed by atoms with Gasteiger partial charge < -0.3 is 18.9 Å². The van der Waals surface area contributed by atoms with Gasteiger partial charge in [0.15, 0.2) is 23.8 Å². The molecule has 156 valence electrons. The molecular weight excluding hydrogens is 501 g/mol. The molecule has 0 atom stereocenters. The molecule has 0 spiro atoms. The van der Waals surface area contributed by atoms with Gasteiger partial charge in [-0.05, 0) is 71.8 Å². The number of cyclic esters (lactones) is 1. The number of aryl methyl sites for hydroxylation is 1. The number of nitrogens with zero attached hydrogens (tertiary/aromatic N) is 1. The van der Waals surface area contributed by atoms with E-state index in [2.05, 4.69) is 32.3 Å². The van der Waals surface area contributed by atoms with Crippen LogP contribution in [0.25, 0.3) is 6.08 Å². The van der Waals surface area contributed by atoms with Crippen LogP contribution in [0.5, 0.6) is 11.5 Å². The minimum Gasteiger partial charge on any atom is -0.490 e. The first kappa shape index (κ1) is 21.8. The summed E-state index contributed by atoms with van der Waals surface area (Å²) in [5.41, 5.74) is 2.61. The van der Waals surface area contributed by atoms with Crippen molar-refractivity contribution in [3.63, 3.8) is 0 Å². The fourth-order valence-electron chi connectivity index (χ4n) is 2.76. The van der Waals surface area contributed by atoms with Crippen LogP contribution in [0.3, 0.4) is 0 Å². The van der Waals surface area contributed by atoms with Crippen LogP contribution in [0.1, 0.15) is 23.6 Å². The minimum atomic E-state index is -0.521. The molecule has 0 amide bonds. The number of ether oxygens (including phenoxy) is 4. The summed E-state index contributed by atoms with van der Waals surface area (Å²) in [5.74, 6) is 0.151. The quantitative estimate of drug-likeness (QED) is 0.313. The van der Waals surface area contributed by atoms with Gasteiger partial charge in [0, 0.05) is 5.56 Å². The molecule has 8 heteroatoms. The number of aliphatic imine (C=N–C) groups is 1. The van der Waals surface area contributed by atoms with E-state index in [1.165, 1.54) is 7.11 Å². The van der Waals surface area contributed by atoms with E-state index in [9.17, 15) is 9.59 Å². The summed E-state index contributed by atoms with van der Waals surface area (Å²) < 4.78 is 21.9. The lowest BCUT2D eigenvalue weighted by Crippen LogP contribution is -2.14. The van der Waals surface area contributed by atoms with E-state index in [1.54, 1.807) is 18.2 Å². The van der Waals surface area contributed by atoms with Gasteiger partial charge in [-0.1, -0.05) is 18.2 Å². The number of carbonyl (C=O) groups excluding carboxylic acids is 2. The van der Waals surface area contributed by atoms with Gasteiger partial charge in [-0.3, -0.25) is 0 Å². The van der Waals surface area contributed by atoms with Crippen LogP contribution in [-0.2, 0) is 19.1 Å². The Balaban J connectivity index is 1.93. The molecule has 7 nitrogen and oxygen atoms in total. The van der Waals surface area contributed by atoms with E-state index in [0.717, 1.165) is 11.1 Å². The summed E-state index contributed by atoms with van der Waals surface area (Å²) in [7, 11) is 1.29. The van der Waals surface area contributed by atoms with Crippen molar-refractivity contribution in [2.24, 2.45) is 4.99 Å². The second-order valence-electron chi connectivity index (χ2n) is 6.28. The summed E-state index contributed by atoms with van der Waals surface area (Å²) in [6.07, 6.45) is 1.63. The molecule has 0 N–H and O–H groups in total. The zero-order valence-electron chi connectivity index (χ0n) is 16.7. The van der Waals surface area contributed by atoms with Crippen LogP contribution in [0.15, 0.2) is 47.1 Å². The summed E-state index contributed by atoms with van der Waals surface area (Å²) in [6.45, 7) is 3.94. The van der Waals surface area contributed by atoms with E-state index in [4.69, 9.17) is 14.2 Å². The number of halogens is 1. The molecule has 0 aromatic heterocycles. The third-order valence-electron chi connectivity index (χ3n) is 4.19. The Morgan fingerprint density at radius 1 is 1.23 bits per heavy atom. The first-order valence-electron chi connectivity index (χ1n) is 9.17. The molecule has 30 heavy (non-hydrogen) atoms. The van der Waals surface area contributed by atoms with E-state index >= 15 is 0 Å². The van der Waals surface area contributed by atoms with Crippen molar-refractivity contribution in [2.75, 3.05) is 20.3 Å². The molecule has 0 aliphatic carbocycles. The van der Waals surface area contributed by atoms with E-state index in [-0.39, 0.29) is 18.2 Å². The predicted molar refractivity (Wildman–Crippen MR) is 120 cm³/mol. The Kier molecular flexibility index (Phi) is 7.09. The van der Waals surface area contributed by atoms with Crippen LogP contribution in [0.2, 0.25) is 0 Å². The molecule has 0 bridgehead atoms. The first-order valence-corrected chi connectivity index (χ1v) is 10.2. The van der Waals surface area contributed by atoms with Gasteiger partial charge in [0.2, 0.25) is 5.90 Å². The molecule has 1 aliphatic rings. The average Bonchev–Trinajstić information content (AvgIpc) is 3.07. The Labute approximate surface area is 187 Å². The van der Waals surface area contributed by atoms with Gasteiger partial charge >= 0.3 is 11.9 Å². The lowest BCUT2D eigenvalue weighted by molar-refractivity contribution is -0.143. The Bertz CT molecular complexity index is 1040. The molecule has 2 aromatic rings. The number of esters is 2. The second-order valence-corrected chi connectivity index (χ2v) is 7.44. The van der Waals surface area contributed by atoms with Gasteiger partial charge in [-0.15, -0.1) is 0 Å². The highest BCUT2D eigenvalue weighted by atomic mass is 127. The summed E-state index contributed by atoms with van der Waals surface area (Å²) in [4.78, 5) is 28.1. The normalized spacial score (nSPS) is 14.3. The number of hydrogen-bond acceptors (Lipinski definition) is 7. The maximum Gasteiger partial charge on any atom is 0.363 e. The molecule has 0 radical (unpaired) electrons. The van der Waals surface area contributed by atoms with Crippen molar-refractivity contribution in [3.8, 4) is 11.5 Å². The largest absolute Gasteiger partial charge is 0.490 e. The highest BCUT2D eigenvalue weighted by molar-refractivity contribution is 14.1. The molecule has 0 saturated heterocycles. The van der Waals surface area contributed by atoms with Crippen molar-refractivity contribution in [3.05, 3.63) is 62.4 Å². The first-order chi connectivity index (χ1) is 14.4.